The second-order valence-electron chi connectivity index (χ2n) is 18.8. The van der Waals surface area contributed by atoms with Crippen LogP contribution >= 0.6 is 0 Å². The smallest absolute Gasteiger partial charge is 0.0273 e. The zero-order chi connectivity index (χ0) is 84.2. The Morgan fingerprint density at radius 1 is 0.196 bits per heavy atom. The monoisotopic (exact) mass is 1730 g/mol. The summed E-state index contributed by atoms with van der Waals surface area (Å²) in [5, 5.41) is 0. The largest absolute Gasteiger partial charge is 0.265 e. The van der Waals surface area contributed by atoms with Gasteiger partial charge in [-0.3, -0.25) is 9.97 Å². The Morgan fingerprint density at radius 3 is 0.830 bits per heavy atom. The van der Waals surface area contributed by atoms with Gasteiger partial charge in [0, 0.05) is 123 Å². The summed E-state index contributed by atoms with van der Waals surface area (Å²) in [5.74, 6) is 0. The third kappa shape index (κ3) is 72.0. The number of pyridine rings is 2. The van der Waals surface area contributed by atoms with Crippen LogP contribution in [0.2, 0.25) is 0 Å². The Hall–Kier alpha value is -6.97. The summed E-state index contributed by atoms with van der Waals surface area (Å²) in [6, 6.07) is 122. The number of benzene rings is 11. The molecule has 11 aromatic carbocycles. The van der Waals surface area contributed by atoms with Crippen LogP contribution in [0.3, 0.4) is 0 Å². The van der Waals surface area contributed by atoms with E-state index in [-0.39, 0.29) is 98.1 Å². The molecule has 13 aromatic rings. The molecule has 0 fully saturated rings. The number of aromatic nitrogens is 2. The third-order valence-corrected chi connectivity index (χ3v) is 12.2. The van der Waals surface area contributed by atoms with E-state index in [1.54, 1.807) is 0 Å². The SMILES string of the molecule is CC.CC.CC.CC.CC.CC.CC.CC.CC.CC.CC.CC.CC.Cc1[c-]cc(-c2ccccc2)cc1.Cc1[c-]ccc(-c2ccccc2)c1.Cc1[c-]cccc1-c1ccccc1.Cc1ccc(-c2ccncc2)cc1.Cc1cccc(-c2ccncc2)c1.[Y].[Y].[Y].[c-]1ccccc1.[c-]1ccccc1.[c-]1ccccc1. The molecule has 0 aliphatic carbocycles. The van der Waals surface area contributed by atoms with Gasteiger partial charge < -0.3 is 0 Å². The number of hydrogen-bond acceptors (Lipinski definition) is 2. The molecule has 0 N–H and O–H groups in total. The van der Waals surface area contributed by atoms with Crippen molar-refractivity contribution in [3.8, 4) is 55.6 Å². The molecule has 0 unspecified atom stereocenters. The number of hydrogen-bond donors (Lipinski definition) is 0. The van der Waals surface area contributed by atoms with Crippen molar-refractivity contribution in [3.05, 3.63) is 398 Å². The van der Waals surface area contributed by atoms with Gasteiger partial charge in [-0.2, -0.15) is 199 Å². The van der Waals surface area contributed by atoms with E-state index in [9.17, 15) is 0 Å². The minimum Gasteiger partial charge on any atom is -0.265 e. The van der Waals surface area contributed by atoms with Gasteiger partial charge in [0.15, 0.2) is 0 Å². The van der Waals surface area contributed by atoms with Crippen LogP contribution in [0.25, 0.3) is 55.6 Å². The summed E-state index contributed by atoms with van der Waals surface area (Å²) in [6.07, 6.45) is 7.26. The van der Waals surface area contributed by atoms with Crippen molar-refractivity contribution in [1.29, 1.82) is 0 Å². The first-order chi connectivity index (χ1) is 53.8. The first-order valence-electron chi connectivity index (χ1n) is 40.6. The molecule has 5 heteroatoms. The van der Waals surface area contributed by atoms with Crippen LogP contribution in [0, 0.1) is 71.0 Å². The molecule has 2 heterocycles. The second kappa shape index (κ2) is 108. The van der Waals surface area contributed by atoms with Gasteiger partial charge in [0.25, 0.3) is 0 Å². The molecule has 0 aliphatic rings. The Morgan fingerprint density at radius 2 is 0.509 bits per heavy atom. The predicted octanol–water partition coefficient (Wildman–Crippen LogP) is 34.3. The molecule has 112 heavy (non-hydrogen) atoms. The minimum atomic E-state index is 0. The molecule has 0 aliphatic heterocycles. The van der Waals surface area contributed by atoms with E-state index in [0.717, 1.165) is 0 Å². The first-order valence-corrected chi connectivity index (χ1v) is 40.6. The van der Waals surface area contributed by atoms with Gasteiger partial charge in [-0.25, -0.2) is 0 Å². The van der Waals surface area contributed by atoms with Gasteiger partial charge in [-0.15, -0.1) is 16.7 Å². The van der Waals surface area contributed by atoms with Crippen LogP contribution in [-0.4, -0.2) is 9.97 Å². The average molecular weight is 1730 g/mol. The van der Waals surface area contributed by atoms with Crippen LogP contribution in [0.15, 0.2) is 334 Å². The zero-order valence-corrected chi connectivity index (χ0v) is 84.4. The summed E-state index contributed by atoms with van der Waals surface area (Å²) in [6.45, 7) is 62.4. The Kier molecular flexibility index (Phi) is 124. The molecule has 0 atom stereocenters. The van der Waals surface area contributed by atoms with E-state index in [0.29, 0.717) is 0 Å². The van der Waals surface area contributed by atoms with Gasteiger partial charge >= 0.3 is 0 Å². The normalized spacial score (nSPS) is 7.74. The quantitative estimate of drug-likeness (QED) is 0.161. The Bertz CT molecular complexity index is 3360. The van der Waals surface area contributed by atoms with E-state index in [2.05, 4.69) is 233 Å². The van der Waals surface area contributed by atoms with Gasteiger partial charge in [0.05, 0.1) is 0 Å². The molecule has 0 bridgehead atoms. The molecular formula is C107H148N2Y3-6. The molecule has 601 valence electrons. The van der Waals surface area contributed by atoms with Crippen LogP contribution in [0.5, 0.6) is 0 Å². The van der Waals surface area contributed by atoms with Crippen molar-refractivity contribution >= 4 is 0 Å². The second-order valence-corrected chi connectivity index (χ2v) is 18.8. The van der Waals surface area contributed by atoms with Gasteiger partial charge in [0.2, 0.25) is 0 Å². The molecule has 2 nitrogen and oxygen atoms in total. The molecule has 0 amide bonds. The van der Waals surface area contributed by atoms with Crippen LogP contribution in [0.1, 0.15) is 208 Å². The number of aryl methyl sites for hydroxylation is 5. The minimum absolute atomic E-state index is 0. The molecular weight excluding hydrogens is 1580 g/mol. The van der Waals surface area contributed by atoms with Crippen molar-refractivity contribution in [2.75, 3.05) is 0 Å². The topological polar surface area (TPSA) is 25.8 Å². The summed E-state index contributed by atoms with van der Waals surface area (Å²) < 4.78 is 0. The van der Waals surface area contributed by atoms with Crippen molar-refractivity contribution in [1.82, 2.24) is 9.97 Å². The van der Waals surface area contributed by atoms with Crippen molar-refractivity contribution < 1.29 is 98.1 Å². The van der Waals surface area contributed by atoms with Crippen LogP contribution in [0.4, 0.5) is 0 Å². The fourth-order valence-corrected chi connectivity index (χ4v) is 7.84. The maximum absolute atomic E-state index is 3.99. The molecule has 0 saturated heterocycles. The van der Waals surface area contributed by atoms with Crippen molar-refractivity contribution in [3.63, 3.8) is 0 Å². The fourth-order valence-electron chi connectivity index (χ4n) is 7.84. The average Bonchev–Trinajstić information content (AvgIpc) is 0.889. The summed E-state index contributed by atoms with van der Waals surface area (Å²) in [7, 11) is 0. The first kappa shape index (κ1) is 129. The standard InChI is InChI=1S/3C13H11.2C12H11N.3C6H5.13C2H6.3Y/c1-11-7-5-6-10-13(11)12-8-3-2-4-9-12;1-11-6-5-9-13(10-11)12-7-3-2-4-8-12;1-11-7-9-13(10-8-11)12-5-3-2-4-6-12;1-10-2-4-11(5-3-10)12-6-8-13-9-7-12;1-10-3-2-4-12(9-10)11-5-7-13-8-6-11;3*1-2-4-6-5-3-1;13*1-2;;;/h2-6,8-10H,1H3;2-5,7-10H,1H3;2-7,9-10H,1H3;2*2-9H,1H3;3*1-5H;13*1-2H3;;;/q3*-1;;;3*-1;;;;;;;;;;;;;;;;. The molecule has 13 rings (SSSR count). The molecule has 3 radical (unpaired) electrons. The number of rotatable bonds is 5. The summed E-state index contributed by atoms with van der Waals surface area (Å²) >= 11 is 0. The van der Waals surface area contributed by atoms with E-state index in [4.69, 9.17) is 0 Å². The van der Waals surface area contributed by atoms with Gasteiger partial charge in [-0.05, 0) is 65.9 Å². The maximum Gasteiger partial charge on any atom is 0.0273 e. The van der Waals surface area contributed by atoms with Gasteiger partial charge in [0.1, 0.15) is 0 Å². The Labute approximate surface area is 768 Å². The summed E-state index contributed by atoms with van der Waals surface area (Å²) in [5.41, 5.74) is 18.6. The van der Waals surface area contributed by atoms with E-state index in [1.165, 1.54) is 83.5 Å². The Balaban J connectivity index is -0.000000112. The van der Waals surface area contributed by atoms with Crippen molar-refractivity contribution in [2.45, 2.75) is 215 Å². The van der Waals surface area contributed by atoms with Crippen molar-refractivity contribution in [2.24, 2.45) is 0 Å². The third-order valence-electron chi connectivity index (χ3n) is 12.2. The fraction of sp³-hybridized carbons (Fsp3) is 0.290. The molecule has 0 spiro atoms. The van der Waals surface area contributed by atoms with Gasteiger partial charge in [-0.1, -0.05) is 363 Å². The maximum atomic E-state index is 3.99. The molecule has 0 saturated carbocycles. The van der Waals surface area contributed by atoms with Crippen LogP contribution in [-0.2, 0) is 98.1 Å². The van der Waals surface area contributed by atoms with E-state index in [1.807, 2.05) is 363 Å². The zero-order valence-electron chi connectivity index (χ0n) is 75.9. The number of nitrogens with zero attached hydrogens (tertiary/aromatic N) is 2. The summed E-state index contributed by atoms with van der Waals surface area (Å²) in [4.78, 5) is 7.98. The van der Waals surface area contributed by atoms with Crippen LogP contribution < -0.4 is 0 Å². The van der Waals surface area contributed by atoms with E-state index < -0.39 is 0 Å². The van der Waals surface area contributed by atoms with E-state index >= 15 is 0 Å². The predicted molar refractivity (Wildman–Crippen MR) is 499 cm³/mol. The molecule has 2 aromatic heterocycles.